The monoisotopic (exact) mass is 470 g/mol. The molecule has 1 aliphatic rings. The molecular weight excluding hydrogens is 453 g/mol. The smallest absolute Gasteiger partial charge is 0.376 e. The predicted molar refractivity (Wildman–Crippen MR) is 98.3 cm³/mol. The molecule has 31 heavy (non-hydrogen) atoms. The van der Waals surface area contributed by atoms with E-state index < -0.39 is 38.9 Å². The number of benzene rings is 2. The first-order valence-corrected chi connectivity index (χ1v) is 10.7. The first kappa shape index (κ1) is 23.4. The van der Waals surface area contributed by atoms with E-state index in [1.807, 2.05) is 0 Å². The lowest BCUT2D eigenvalue weighted by Gasteiger charge is -2.25. The molecule has 3 nitrogen and oxygen atoms in total. The number of alkyl halides is 6. The minimum atomic E-state index is -5.92. The maximum absolute atomic E-state index is 13.6. The van der Waals surface area contributed by atoms with Crippen molar-refractivity contribution in [3.63, 3.8) is 0 Å². The second kappa shape index (κ2) is 8.33. The Labute approximate surface area is 174 Å². The van der Waals surface area contributed by atoms with Crippen LogP contribution in [0.3, 0.4) is 0 Å². The molecule has 0 unspecified atom stereocenters. The first-order valence-electron chi connectivity index (χ1n) is 9.31. The summed E-state index contributed by atoms with van der Waals surface area (Å²) in [5.74, 6) is -2.30. The summed E-state index contributed by atoms with van der Waals surface area (Å²) < 4.78 is 118. The minimum Gasteiger partial charge on any atom is -0.376 e. The van der Waals surface area contributed by atoms with Gasteiger partial charge in [0.1, 0.15) is 11.6 Å². The van der Waals surface area contributed by atoms with Crippen LogP contribution in [-0.2, 0) is 16.3 Å². The van der Waals surface area contributed by atoms with Gasteiger partial charge in [0.2, 0.25) is 0 Å². The van der Waals surface area contributed by atoms with Crippen molar-refractivity contribution in [3.8, 4) is 16.9 Å². The summed E-state index contributed by atoms with van der Waals surface area (Å²) in [6.45, 7) is 0. The molecule has 1 saturated carbocycles. The van der Waals surface area contributed by atoms with Crippen molar-refractivity contribution in [2.24, 2.45) is 0 Å². The standard InChI is InChI=1S/C20H17F7O3S/c21-17-8-6-14(11-16(17)19(22,23)24)13-7-9-18(30-31(28,29)20(25,26)27)15(10-13)12-4-2-1-3-5-12/h6-12H,1-5H2. The lowest BCUT2D eigenvalue weighted by molar-refractivity contribution is -0.139. The summed E-state index contributed by atoms with van der Waals surface area (Å²) in [5.41, 5.74) is -6.81. The van der Waals surface area contributed by atoms with Crippen molar-refractivity contribution in [1.29, 1.82) is 0 Å². The lowest BCUT2D eigenvalue weighted by atomic mass is 9.82. The van der Waals surface area contributed by atoms with Gasteiger partial charge in [0.05, 0.1) is 5.56 Å². The highest BCUT2D eigenvalue weighted by Gasteiger charge is 2.49. The van der Waals surface area contributed by atoms with Gasteiger partial charge in [-0.15, -0.1) is 0 Å². The Balaban J connectivity index is 2.09. The molecule has 0 aliphatic heterocycles. The highest BCUT2D eigenvalue weighted by molar-refractivity contribution is 7.88. The van der Waals surface area contributed by atoms with E-state index in [0.717, 1.165) is 37.5 Å². The quantitative estimate of drug-likeness (QED) is 0.281. The maximum atomic E-state index is 13.6. The highest BCUT2D eigenvalue weighted by Crippen LogP contribution is 2.42. The minimum absolute atomic E-state index is 0.0176. The number of halogens is 7. The van der Waals surface area contributed by atoms with E-state index in [0.29, 0.717) is 25.0 Å². The second-order valence-electron chi connectivity index (χ2n) is 7.26. The van der Waals surface area contributed by atoms with Crippen LogP contribution in [0.1, 0.15) is 49.1 Å². The van der Waals surface area contributed by atoms with Crippen molar-refractivity contribution < 1.29 is 43.3 Å². The molecule has 1 fully saturated rings. The zero-order valence-electron chi connectivity index (χ0n) is 15.9. The summed E-state index contributed by atoms with van der Waals surface area (Å²) in [4.78, 5) is 0. The van der Waals surface area contributed by atoms with Gasteiger partial charge in [-0.3, -0.25) is 0 Å². The zero-order valence-corrected chi connectivity index (χ0v) is 16.7. The van der Waals surface area contributed by atoms with Gasteiger partial charge in [-0.2, -0.15) is 34.8 Å². The van der Waals surface area contributed by atoms with Gasteiger partial charge in [0.25, 0.3) is 0 Å². The Hall–Kier alpha value is -2.30. The summed E-state index contributed by atoms with van der Waals surface area (Å²) in [5, 5.41) is 0. The third-order valence-corrected chi connectivity index (χ3v) is 6.11. The van der Waals surface area contributed by atoms with E-state index >= 15 is 0 Å². The molecule has 11 heteroatoms. The summed E-state index contributed by atoms with van der Waals surface area (Å²) in [6, 6.07) is 5.79. The van der Waals surface area contributed by atoms with Crippen LogP contribution in [0.4, 0.5) is 30.7 Å². The largest absolute Gasteiger partial charge is 0.534 e. The van der Waals surface area contributed by atoms with E-state index in [9.17, 15) is 39.2 Å². The molecule has 2 aromatic rings. The molecule has 3 rings (SSSR count). The molecule has 0 spiro atoms. The van der Waals surface area contributed by atoms with Gasteiger partial charge in [-0.05, 0) is 59.7 Å². The fraction of sp³-hybridized carbons (Fsp3) is 0.400. The van der Waals surface area contributed by atoms with Gasteiger partial charge in [0.15, 0.2) is 0 Å². The topological polar surface area (TPSA) is 43.4 Å². The van der Waals surface area contributed by atoms with Crippen molar-refractivity contribution in [2.75, 3.05) is 0 Å². The lowest BCUT2D eigenvalue weighted by Crippen LogP contribution is -2.28. The molecule has 2 aromatic carbocycles. The Morgan fingerprint density at radius 1 is 0.839 bits per heavy atom. The van der Waals surface area contributed by atoms with Crippen LogP contribution in [0.5, 0.6) is 5.75 Å². The molecular formula is C20H17F7O3S. The first-order chi connectivity index (χ1) is 14.3. The van der Waals surface area contributed by atoms with Gasteiger partial charge < -0.3 is 4.18 Å². The van der Waals surface area contributed by atoms with Crippen molar-refractivity contribution in [2.45, 2.75) is 49.7 Å². The van der Waals surface area contributed by atoms with Crippen LogP contribution >= 0.6 is 0 Å². The fourth-order valence-corrected chi connectivity index (χ4v) is 4.11. The van der Waals surface area contributed by atoms with Crippen LogP contribution in [0.25, 0.3) is 11.1 Å². The molecule has 0 N–H and O–H groups in total. The van der Waals surface area contributed by atoms with Gasteiger partial charge in [0, 0.05) is 0 Å². The maximum Gasteiger partial charge on any atom is 0.534 e. The number of hydrogen-bond acceptors (Lipinski definition) is 3. The molecule has 0 atom stereocenters. The number of hydrogen-bond donors (Lipinski definition) is 0. The normalized spacial score (nSPS) is 16.4. The number of rotatable bonds is 4. The van der Waals surface area contributed by atoms with Gasteiger partial charge in [-0.25, -0.2) is 4.39 Å². The van der Waals surface area contributed by atoms with Gasteiger partial charge in [-0.1, -0.05) is 31.4 Å². The van der Waals surface area contributed by atoms with E-state index in [1.54, 1.807) is 0 Å². The SMILES string of the molecule is O=S(=O)(Oc1ccc(-c2ccc(F)c(C(F)(F)F)c2)cc1C1CCCCC1)C(F)(F)F. The zero-order chi connectivity index (χ0) is 23.0. The highest BCUT2D eigenvalue weighted by atomic mass is 32.2. The van der Waals surface area contributed by atoms with Crippen LogP contribution in [-0.4, -0.2) is 13.9 Å². The van der Waals surface area contributed by atoms with E-state index in [4.69, 9.17) is 0 Å². The summed E-state index contributed by atoms with van der Waals surface area (Å²) in [7, 11) is -5.92. The van der Waals surface area contributed by atoms with Crippen LogP contribution < -0.4 is 4.18 Å². The Morgan fingerprint density at radius 2 is 1.42 bits per heavy atom. The van der Waals surface area contributed by atoms with Crippen molar-refractivity contribution >= 4 is 10.1 Å². The van der Waals surface area contributed by atoms with Crippen molar-refractivity contribution in [3.05, 3.63) is 53.3 Å². The van der Waals surface area contributed by atoms with Crippen LogP contribution in [0.2, 0.25) is 0 Å². The van der Waals surface area contributed by atoms with E-state index in [1.165, 1.54) is 6.07 Å². The summed E-state index contributed by atoms with van der Waals surface area (Å²) in [6.07, 6.45) is -1.40. The van der Waals surface area contributed by atoms with E-state index in [2.05, 4.69) is 4.18 Å². The fourth-order valence-electron chi connectivity index (χ4n) is 3.62. The molecule has 170 valence electrons. The average Bonchev–Trinajstić information content (AvgIpc) is 2.67. The predicted octanol–water partition coefficient (Wildman–Crippen LogP) is 6.79. The molecule has 0 heterocycles. The molecule has 0 radical (unpaired) electrons. The average molecular weight is 470 g/mol. The van der Waals surface area contributed by atoms with Crippen LogP contribution in [0.15, 0.2) is 36.4 Å². The Kier molecular flexibility index (Phi) is 6.28. The van der Waals surface area contributed by atoms with Gasteiger partial charge >= 0.3 is 21.8 Å². The third kappa shape index (κ3) is 5.13. The molecule has 0 amide bonds. The Morgan fingerprint density at radius 3 is 2.00 bits per heavy atom. The molecule has 0 bridgehead atoms. The second-order valence-corrected chi connectivity index (χ2v) is 8.80. The summed E-state index contributed by atoms with van der Waals surface area (Å²) >= 11 is 0. The van der Waals surface area contributed by atoms with Crippen LogP contribution in [0, 0.1) is 5.82 Å². The molecule has 1 aliphatic carbocycles. The third-order valence-electron chi connectivity index (χ3n) is 5.14. The van der Waals surface area contributed by atoms with Crippen molar-refractivity contribution in [1.82, 2.24) is 0 Å². The molecule has 0 saturated heterocycles. The molecule has 0 aromatic heterocycles. The Bertz CT molecular complexity index is 1050. The van der Waals surface area contributed by atoms with E-state index in [-0.39, 0.29) is 22.6 Å².